The van der Waals surface area contributed by atoms with Gasteiger partial charge in [0.2, 0.25) is 0 Å². The second-order valence-electron chi connectivity index (χ2n) is 8.25. The molecule has 2 unspecified atom stereocenters. The first kappa shape index (κ1) is 16.3. The number of nitrogens with two attached hydrogens (primary N) is 1. The summed E-state index contributed by atoms with van der Waals surface area (Å²) in [4.78, 5) is 0. The zero-order valence-corrected chi connectivity index (χ0v) is 14.4. The summed E-state index contributed by atoms with van der Waals surface area (Å²) in [5, 5.41) is 0. The Morgan fingerprint density at radius 1 is 1.20 bits per heavy atom. The van der Waals surface area contributed by atoms with Gasteiger partial charge < -0.3 is 15.2 Å². The Balaban J connectivity index is 2.20. The molecule has 1 saturated carbocycles. The molecule has 0 bridgehead atoms. The molecule has 3 nitrogen and oxygen atoms in total. The van der Waals surface area contributed by atoms with Crippen LogP contribution in [0.5, 0.6) is 0 Å². The second-order valence-corrected chi connectivity index (χ2v) is 8.25. The van der Waals surface area contributed by atoms with Gasteiger partial charge in [0.15, 0.2) is 5.79 Å². The van der Waals surface area contributed by atoms with E-state index in [2.05, 4.69) is 34.6 Å². The maximum Gasteiger partial charge on any atom is 0.164 e. The average molecular weight is 283 g/mol. The van der Waals surface area contributed by atoms with Crippen molar-refractivity contribution >= 4 is 0 Å². The average Bonchev–Trinajstić information content (AvgIpc) is 2.62. The van der Waals surface area contributed by atoms with E-state index in [1.807, 2.05) is 13.8 Å². The Hall–Kier alpha value is -0.120. The molecule has 1 saturated heterocycles. The van der Waals surface area contributed by atoms with Crippen LogP contribution in [0.2, 0.25) is 0 Å². The Bertz CT molecular complexity index is 379. The van der Waals surface area contributed by atoms with E-state index < -0.39 is 5.79 Å². The van der Waals surface area contributed by atoms with Crippen molar-refractivity contribution in [1.29, 1.82) is 0 Å². The molecule has 2 rings (SSSR count). The van der Waals surface area contributed by atoms with E-state index in [4.69, 9.17) is 15.2 Å². The zero-order chi connectivity index (χ0) is 15.4. The summed E-state index contributed by atoms with van der Waals surface area (Å²) in [7, 11) is 0. The maximum atomic E-state index is 6.84. The third kappa shape index (κ3) is 2.22. The predicted octanol–water partition coefficient (Wildman–Crippen LogP) is 3.85. The monoisotopic (exact) mass is 283 g/mol. The minimum Gasteiger partial charge on any atom is -0.344 e. The van der Waals surface area contributed by atoms with E-state index in [0.717, 1.165) is 18.8 Å². The SMILES string of the molecule is CC[C@H](C)CC[C@]1(N)CC2OC(C)(C)OC2(C)C1(C)C. The quantitative estimate of drug-likeness (QED) is 0.852. The molecule has 2 aliphatic rings. The highest BCUT2D eigenvalue weighted by molar-refractivity contribution is 5.20. The first-order chi connectivity index (χ1) is 8.97. The lowest BCUT2D eigenvalue weighted by atomic mass is 9.66. The van der Waals surface area contributed by atoms with E-state index in [0.29, 0.717) is 0 Å². The largest absolute Gasteiger partial charge is 0.344 e. The van der Waals surface area contributed by atoms with Gasteiger partial charge in [-0.05, 0) is 46.0 Å². The van der Waals surface area contributed by atoms with Crippen molar-refractivity contribution in [3.8, 4) is 0 Å². The molecule has 0 amide bonds. The van der Waals surface area contributed by atoms with Crippen molar-refractivity contribution in [3.63, 3.8) is 0 Å². The molecule has 4 atom stereocenters. The summed E-state index contributed by atoms with van der Waals surface area (Å²) in [6.07, 6.45) is 4.46. The van der Waals surface area contributed by atoms with Crippen LogP contribution in [0.1, 0.15) is 74.1 Å². The fraction of sp³-hybridized carbons (Fsp3) is 1.00. The summed E-state index contributed by atoms with van der Waals surface area (Å²) in [5.74, 6) is 0.243. The van der Waals surface area contributed by atoms with E-state index in [1.165, 1.54) is 12.8 Å². The van der Waals surface area contributed by atoms with Crippen molar-refractivity contribution in [1.82, 2.24) is 0 Å². The summed E-state index contributed by atoms with van der Waals surface area (Å²) in [6.45, 7) is 15.3. The van der Waals surface area contributed by atoms with Gasteiger partial charge in [0.25, 0.3) is 0 Å². The van der Waals surface area contributed by atoms with Gasteiger partial charge in [-0.25, -0.2) is 0 Å². The van der Waals surface area contributed by atoms with Crippen LogP contribution in [0.25, 0.3) is 0 Å². The molecule has 2 fully saturated rings. The number of ether oxygens (including phenoxy) is 2. The molecular formula is C17H33NO2. The molecule has 0 aromatic heterocycles. The van der Waals surface area contributed by atoms with Gasteiger partial charge in [-0.1, -0.05) is 34.1 Å². The molecule has 118 valence electrons. The van der Waals surface area contributed by atoms with Gasteiger partial charge >= 0.3 is 0 Å². The number of fused-ring (bicyclic) bond motifs is 1. The third-order valence-electron chi connectivity index (χ3n) is 6.31. The van der Waals surface area contributed by atoms with Crippen LogP contribution in [-0.2, 0) is 9.47 Å². The summed E-state index contributed by atoms with van der Waals surface area (Å²) in [6, 6.07) is 0. The fourth-order valence-electron chi connectivity index (χ4n) is 4.02. The minimum atomic E-state index is -0.491. The highest BCUT2D eigenvalue weighted by atomic mass is 16.8. The van der Waals surface area contributed by atoms with Gasteiger partial charge in [-0.2, -0.15) is 0 Å². The number of hydrogen-bond acceptors (Lipinski definition) is 3. The predicted molar refractivity (Wildman–Crippen MR) is 82.4 cm³/mol. The molecule has 2 N–H and O–H groups in total. The molecule has 0 aromatic carbocycles. The van der Waals surface area contributed by atoms with Gasteiger partial charge in [0, 0.05) is 11.0 Å². The normalized spacial score (nSPS) is 43.5. The van der Waals surface area contributed by atoms with Crippen molar-refractivity contribution in [2.24, 2.45) is 17.1 Å². The zero-order valence-electron chi connectivity index (χ0n) is 14.4. The van der Waals surface area contributed by atoms with Gasteiger partial charge in [-0.15, -0.1) is 0 Å². The van der Waals surface area contributed by atoms with E-state index in [1.54, 1.807) is 0 Å². The molecule has 0 radical (unpaired) electrons. The minimum absolute atomic E-state index is 0.0914. The van der Waals surface area contributed by atoms with Gasteiger partial charge in [0.05, 0.1) is 6.10 Å². The van der Waals surface area contributed by atoms with Crippen LogP contribution in [-0.4, -0.2) is 23.0 Å². The number of hydrogen-bond donors (Lipinski definition) is 1. The Morgan fingerprint density at radius 3 is 2.30 bits per heavy atom. The molecule has 1 aliphatic heterocycles. The first-order valence-corrected chi connectivity index (χ1v) is 8.14. The van der Waals surface area contributed by atoms with Crippen molar-refractivity contribution in [3.05, 3.63) is 0 Å². The van der Waals surface area contributed by atoms with Crippen LogP contribution in [0, 0.1) is 11.3 Å². The summed E-state index contributed by atoms with van der Waals surface area (Å²) < 4.78 is 12.4. The molecule has 0 spiro atoms. The van der Waals surface area contributed by atoms with E-state index in [9.17, 15) is 0 Å². The van der Waals surface area contributed by atoms with Crippen LogP contribution in [0.15, 0.2) is 0 Å². The van der Waals surface area contributed by atoms with E-state index in [-0.39, 0.29) is 22.7 Å². The summed E-state index contributed by atoms with van der Waals surface area (Å²) >= 11 is 0. The lowest BCUT2D eigenvalue weighted by molar-refractivity contribution is -0.194. The molecule has 3 heteroatoms. The van der Waals surface area contributed by atoms with Crippen molar-refractivity contribution in [2.75, 3.05) is 0 Å². The fourth-order valence-corrected chi connectivity index (χ4v) is 4.02. The highest BCUT2D eigenvalue weighted by Crippen LogP contribution is 2.60. The Labute approximate surface area is 124 Å². The maximum absolute atomic E-state index is 6.84. The third-order valence-corrected chi connectivity index (χ3v) is 6.31. The van der Waals surface area contributed by atoms with Crippen LogP contribution >= 0.6 is 0 Å². The molecular weight excluding hydrogens is 250 g/mol. The van der Waals surface area contributed by atoms with Crippen LogP contribution in [0.4, 0.5) is 0 Å². The standard InChI is InChI=1S/C17H33NO2/c1-8-12(2)9-10-17(18)11-13-16(7,14(17,3)4)20-15(5,6)19-13/h12-13H,8-11,18H2,1-7H3/t12-,13?,16?,17-/m0/s1. The summed E-state index contributed by atoms with van der Waals surface area (Å²) in [5.41, 5.74) is 6.26. The lowest BCUT2D eigenvalue weighted by Gasteiger charge is -2.46. The topological polar surface area (TPSA) is 44.5 Å². The lowest BCUT2D eigenvalue weighted by Crippen LogP contribution is -2.57. The molecule has 1 aliphatic carbocycles. The van der Waals surface area contributed by atoms with Crippen molar-refractivity contribution < 1.29 is 9.47 Å². The molecule has 1 heterocycles. The van der Waals surface area contributed by atoms with Crippen LogP contribution in [0.3, 0.4) is 0 Å². The van der Waals surface area contributed by atoms with E-state index >= 15 is 0 Å². The Morgan fingerprint density at radius 2 is 1.80 bits per heavy atom. The number of rotatable bonds is 4. The van der Waals surface area contributed by atoms with Gasteiger partial charge in [0.1, 0.15) is 5.60 Å². The smallest absolute Gasteiger partial charge is 0.164 e. The second kappa shape index (κ2) is 4.69. The molecule has 20 heavy (non-hydrogen) atoms. The molecule has 0 aromatic rings. The van der Waals surface area contributed by atoms with Crippen molar-refractivity contribution in [2.45, 2.75) is 97.2 Å². The van der Waals surface area contributed by atoms with Crippen LogP contribution < -0.4 is 5.73 Å². The Kier molecular flexibility index (Phi) is 3.81. The highest BCUT2D eigenvalue weighted by Gasteiger charge is 2.69. The van der Waals surface area contributed by atoms with Gasteiger partial charge in [-0.3, -0.25) is 0 Å². The first-order valence-electron chi connectivity index (χ1n) is 8.14.